The van der Waals surface area contributed by atoms with Gasteiger partial charge in [0.25, 0.3) is 0 Å². The average molecular weight is 271 g/mol. The number of hydrogen-bond acceptors (Lipinski definition) is 4. The van der Waals surface area contributed by atoms with Crippen molar-refractivity contribution < 1.29 is 14.3 Å². The fourth-order valence-electron chi connectivity index (χ4n) is 1.73. The lowest BCUT2D eigenvalue weighted by Gasteiger charge is -2.13. The summed E-state index contributed by atoms with van der Waals surface area (Å²) in [5, 5.41) is 0. The standard InChI is InChI=1S/C15H29NO3/c1-4-5-6-7-8-9-10-11-13(17)19-15(18)14(16)12(2)3/h12,14H,4-11,16H2,1-3H3. The summed E-state index contributed by atoms with van der Waals surface area (Å²) in [6, 6.07) is -0.710. The molecule has 112 valence electrons. The van der Waals surface area contributed by atoms with E-state index in [1.807, 2.05) is 13.8 Å². The number of hydrogen-bond donors (Lipinski definition) is 1. The lowest BCUT2D eigenvalue weighted by molar-refractivity contribution is -0.161. The van der Waals surface area contributed by atoms with Crippen molar-refractivity contribution in [1.82, 2.24) is 0 Å². The quantitative estimate of drug-likeness (QED) is 0.376. The van der Waals surface area contributed by atoms with Gasteiger partial charge >= 0.3 is 11.9 Å². The van der Waals surface area contributed by atoms with Crippen LogP contribution in [0.25, 0.3) is 0 Å². The third-order valence-corrected chi connectivity index (χ3v) is 3.19. The maximum atomic E-state index is 11.4. The Kier molecular flexibility index (Phi) is 10.5. The molecule has 0 radical (unpaired) electrons. The van der Waals surface area contributed by atoms with Gasteiger partial charge in [-0.3, -0.25) is 4.79 Å². The van der Waals surface area contributed by atoms with Crippen LogP contribution in [0.2, 0.25) is 0 Å². The van der Waals surface area contributed by atoms with E-state index in [1.165, 1.54) is 25.7 Å². The lowest BCUT2D eigenvalue weighted by Crippen LogP contribution is -2.38. The molecule has 0 saturated heterocycles. The first-order valence-electron chi connectivity index (χ1n) is 7.49. The summed E-state index contributed by atoms with van der Waals surface area (Å²) in [5.41, 5.74) is 5.60. The first kappa shape index (κ1) is 18.1. The van der Waals surface area contributed by atoms with E-state index < -0.39 is 18.0 Å². The van der Waals surface area contributed by atoms with Gasteiger partial charge in [0.05, 0.1) is 0 Å². The fourth-order valence-corrected chi connectivity index (χ4v) is 1.73. The Bertz CT molecular complexity index is 264. The molecule has 19 heavy (non-hydrogen) atoms. The van der Waals surface area contributed by atoms with Crippen LogP contribution in [0.15, 0.2) is 0 Å². The SMILES string of the molecule is CCCCCCCCCC(=O)OC(=O)C(N)C(C)C. The number of carbonyl (C=O) groups is 2. The molecule has 4 heteroatoms. The van der Waals surface area contributed by atoms with Crippen molar-refractivity contribution in [2.24, 2.45) is 11.7 Å². The van der Waals surface area contributed by atoms with Gasteiger partial charge in [0.1, 0.15) is 6.04 Å². The number of esters is 2. The van der Waals surface area contributed by atoms with Gasteiger partial charge in [-0.25, -0.2) is 4.79 Å². The molecule has 0 aliphatic heterocycles. The van der Waals surface area contributed by atoms with Crippen LogP contribution >= 0.6 is 0 Å². The smallest absolute Gasteiger partial charge is 0.330 e. The predicted molar refractivity (Wildman–Crippen MR) is 76.5 cm³/mol. The first-order chi connectivity index (χ1) is 8.99. The predicted octanol–water partition coefficient (Wildman–Crippen LogP) is 3.18. The first-order valence-corrected chi connectivity index (χ1v) is 7.49. The Hall–Kier alpha value is -0.900. The van der Waals surface area contributed by atoms with E-state index in [9.17, 15) is 9.59 Å². The number of nitrogens with two attached hydrogens (primary N) is 1. The maximum Gasteiger partial charge on any atom is 0.330 e. The van der Waals surface area contributed by atoms with E-state index in [4.69, 9.17) is 10.5 Å². The minimum atomic E-state index is -0.710. The molecule has 0 aromatic rings. The summed E-state index contributed by atoms with van der Waals surface area (Å²) < 4.78 is 4.72. The number of carbonyl (C=O) groups excluding carboxylic acids is 2. The Labute approximate surface area is 117 Å². The molecule has 0 aromatic heterocycles. The molecule has 0 aromatic carbocycles. The summed E-state index contributed by atoms with van der Waals surface area (Å²) >= 11 is 0. The summed E-state index contributed by atoms with van der Waals surface area (Å²) in [5.74, 6) is -1.07. The van der Waals surface area contributed by atoms with Gasteiger partial charge in [-0.05, 0) is 12.3 Å². The molecule has 1 atom stereocenters. The van der Waals surface area contributed by atoms with Gasteiger partial charge in [-0.1, -0.05) is 59.3 Å². The zero-order chi connectivity index (χ0) is 14.7. The summed E-state index contributed by atoms with van der Waals surface area (Å²) in [7, 11) is 0. The van der Waals surface area contributed by atoms with Crippen LogP contribution in [0.1, 0.15) is 72.1 Å². The topological polar surface area (TPSA) is 69.4 Å². The molecule has 1 unspecified atom stereocenters. The largest absolute Gasteiger partial charge is 0.392 e. The second kappa shape index (κ2) is 11.0. The third kappa shape index (κ3) is 9.65. The summed E-state index contributed by atoms with van der Waals surface area (Å²) in [6.45, 7) is 5.84. The Balaban J connectivity index is 3.57. The molecule has 2 N–H and O–H groups in total. The minimum Gasteiger partial charge on any atom is -0.392 e. The van der Waals surface area contributed by atoms with Crippen LogP contribution in [-0.4, -0.2) is 18.0 Å². The van der Waals surface area contributed by atoms with Gasteiger partial charge in [-0.15, -0.1) is 0 Å². The molecule has 0 bridgehead atoms. The highest BCUT2D eigenvalue weighted by atomic mass is 16.6. The van der Waals surface area contributed by atoms with Crippen molar-refractivity contribution in [3.63, 3.8) is 0 Å². The minimum absolute atomic E-state index is 0.0149. The van der Waals surface area contributed by atoms with Crippen LogP contribution in [0.3, 0.4) is 0 Å². The van der Waals surface area contributed by atoms with Crippen LogP contribution in [0, 0.1) is 5.92 Å². The Morgan fingerprint density at radius 3 is 2.05 bits per heavy atom. The van der Waals surface area contributed by atoms with Gasteiger partial charge < -0.3 is 10.5 Å². The van der Waals surface area contributed by atoms with Crippen molar-refractivity contribution >= 4 is 11.9 Å². The van der Waals surface area contributed by atoms with Crippen molar-refractivity contribution in [2.45, 2.75) is 78.2 Å². The zero-order valence-electron chi connectivity index (χ0n) is 12.6. The number of ether oxygens (including phenoxy) is 1. The van der Waals surface area contributed by atoms with Gasteiger partial charge in [0.2, 0.25) is 0 Å². The highest BCUT2D eigenvalue weighted by Gasteiger charge is 2.21. The molecular weight excluding hydrogens is 242 g/mol. The fraction of sp³-hybridized carbons (Fsp3) is 0.867. The molecule has 0 fully saturated rings. The van der Waals surface area contributed by atoms with Crippen LogP contribution in [0.5, 0.6) is 0 Å². The van der Waals surface area contributed by atoms with E-state index in [1.54, 1.807) is 0 Å². The summed E-state index contributed by atoms with van der Waals surface area (Å²) in [6.07, 6.45) is 8.27. The lowest BCUT2D eigenvalue weighted by atomic mass is 10.1. The van der Waals surface area contributed by atoms with E-state index in [0.717, 1.165) is 19.3 Å². The Morgan fingerprint density at radius 1 is 1.00 bits per heavy atom. The van der Waals surface area contributed by atoms with Gasteiger partial charge in [0.15, 0.2) is 0 Å². The monoisotopic (exact) mass is 271 g/mol. The van der Waals surface area contributed by atoms with Gasteiger partial charge in [0, 0.05) is 6.42 Å². The second-order valence-electron chi connectivity index (χ2n) is 5.43. The Morgan fingerprint density at radius 2 is 1.53 bits per heavy atom. The second-order valence-corrected chi connectivity index (χ2v) is 5.43. The van der Waals surface area contributed by atoms with Crippen molar-refractivity contribution in [1.29, 1.82) is 0 Å². The summed E-state index contributed by atoms with van der Waals surface area (Å²) in [4.78, 5) is 22.9. The molecule has 0 rings (SSSR count). The normalized spacial score (nSPS) is 12.5. The molecular formula is C15H29NO3. The molecule has 0 aliphatic rings. The molecule has 0 saturated carbocycles. The molecule has 0 aliphatic carbocycles. The van der Waals surface area contributed by atoms with E-state index in [0.29, 0.717) is 6.42 Å². The third-order valence-electron chi connectivity index (χ3n) is 3.19. The van der Waals surface area contributed by atoms with Crippen LogP contribution in [0.4, 0.5) is 0 Å². The van der Waals surface area contributed by atoms with Gasteiger partial charge in [-0.2, -0.15) is 0 Å². The average Bonchev–Trinajstić information content (AvgIpc) is 2.36. The molecule has 0 spiro atoms. The maximum absolute atomic E-state index is 11.4. The van der Waals surface area contributed by atoms with Crippen molar-refractivity contribution in [3.8, 4) is 0 Å². The number of unbranched alkanes of at least 4 members (excludes halogenated alkanes) is 6. The van der Waals surface area contributed by atoms with E-state index in [-0.39, 0.29) is 5.92 Å². The molecule has 0 amide bonds. The number of rotatable bonds is 10. The zero-order valence-corrected chi connectivity index (χ0v) is 12.6. The molecule has 4 nitrogen and oxygen atoms in total. The van der Waals surface area contributed by atoms with E-state index >= 15 is 0 Å². The van der Waals surface area contributed by atoms with Crippen LogP contribution < -0.4 is 5.73 Å². The highest BCUT2D eigenvalue weighted by Crippen LogP contribution is 2.09. The van der Waals surface area contributed by atoms with Crippen molar-refractivity contribution in [3.05, 3.63) is 0 Å². The highest BCUT2D eigenvalue weighted by molar-refractivity contribution is 5.88. The molecule has 0 heterocycles. The van der Waals surface area contributed by atoms with Crippen molar-refractivity contribution in [2.75, 3.05) is 0 Å². The van der Waals surface area contributed by atoms with Crippen LogP contribution in [-0.2, 0) is 14.3 Å². The van der Waals surface area contributed by atoms with E-state index in [2.05, 4.69) is 6.92 Å².